The number of hydrogen-bond acceptors (Lipinski definition) is 2. The highest BCUT2D eigenvalue weighted by atomic mass is 35.5. The summed E-state index contributed by atoms with van der Waals surface area (Å²) in [5.41, 5.74) is 4.00. The van der Waals surface area contributed by atoms with Crippen LogP contribution in [-0.2, 0) is 16.0 Å². The summed E-state index contributed by atoms with van der Waals surface area (Å²) in [4.78, 5) is 26.6. The van der Waals surface area contributed by atoms with Crippen molar-refractivity contribution < 1.29 is 9.59 Å². The number of nitrogens with one attached hydrogen (secondary N) is 1. The molecule has 0 aliphatic carbocycles. The van der Waals surface area contributed by atoms with Gasteiger partial charge in [0.15, 0.2) is 0 Å². The Kier molecular flexibility index (Phi) is 6.08. The molecule has 0 aromatic heterocycles. The van der Waals surface area contributed by atoms with Crippen molar-refractivity contribution in [2.45, 2.75) is 26.7 Å². The fourth-order valence-corrected chi connectivity index (χ4v) is 3.93. The van der Waals surface area contributed by atoms with Gasteiger partial charge >= 0.3 is 0 Å². The molecular weight excluding hydrogens is 383 g/mol. The van der Waals surface area contributed by atoms with Crippen LogP contribution in [0.1, 0.15) is 23.1 Å². The van der Waals surface area contributed by atoms with Gasteiger partial charge in [0.1, 0.15) is 0 Å². The van der Waals surface area contributed by atoms with Crippen LogP contribution < -0.4 is 10.2 Å². The van der Waals surface area contributed by atoms with Gasteiger partial charge in [-0.1, -0.05) is 35.3 Å². The quantitative estimate of drug-likeness (QED) is 0.806. The lowest BCUT2D eigenvalue weighted by Gasteiger charge is -2.18. The third-order valence-corrected chi connectivity index (χ3v) is 5.31. The molecule has 2 amide bonds. The molecule has 142 valence electrons. The van der Waals surface area contributed by atoms with Gasteiger partial charge < -0.3 is 10.2 Å². The second-order valence-corrected chi connectivity index (χ2v) is 7.87. The van der Waals surface area contributed by atoms with Crippen LogP contribution in [0.4, 0.5) is 5.69 Å². The molecule has 1 saturated heterocycles. The third kappa shape index (κ3) is 4.82. The van der Waals surface area contributed by atoms with E-state index in [2.05, 4.69) is 11.4 Å². The molecule has 27 heavy (non-hydrogen) atoms. The van der Waals surface area contributed by atoms with Gasteiger partial charge in [0.2, 0.25) is 11.8 Å². The first-order valence-electron chi connectivity index (χ1n) is 8.94. The lowest BCUT2D eigenvalue weighted by atomic mass is 10.1. The van der Waals surface area contributed by atoms with E-state index in [1.54, 1.807) is 17.0 Å². The maximum Gasteiger partial charge on any atom is 0.227 e. The van der Waals surface area contributed by atoms with Crippen LogP contribution in [0.25, 0.3) is 0 Å². The molecule has 1 unspecified atom stereocenters. The van der Waals surface area contributed by atoms with Gasteiger partial charge in [-0.15, -0.1) is 0 Å². The predicted molar refractivity (Wildman–Crippen MR) is 110 cm³/mol. The number of halogens is 2. The highest BCUT2D eigenvalue weighted by Gasteiger charge is 2.35. The fraction of sp³-hybridized carbons (Fsp3) is 0.333. The molecule has 1 fully saturated rings. The van der Waals surface area contributed by atoms with Crippen molar-refractivity contribution in [1.29, 1.82) is 0 Å². The molecular formula is C21H22Cl2N2O2. The first-order chi connectivity index (χ1) is 12.8. The van der Waals surface area contributed by atoms with Crippen molar-refractivity contribution in [1.82, 2.24) is 5.32 Å². The molecule has 0 bridgehead atoms. The van der Waals surface area contributed by atoms with E-state index < -0.39 is 0 Å². The van der Waals surface area contributed by atoms with Crippen molar-refractivity contribution in [2.24, 2.45) is 5.92 Å². The Morgan fingerprint density at radius 1 is 1.15 bits per heavy atom. The normalized spacial score (nSPS) is 16.7. The standard InChI is InChI=1S/C21H22Cl2N2O2/c1-13-7-14(2)9-18(8-13)25-12-16(10-20(25)26)21(27)24-6-5-15-3-4-17(22)11-19(15)23/h3-4,7-9,11,16H,5-6,10,12H2,1-2H3,(H,24,27). The Bertz CT molecular complexity index is 862. The molecule has 1 heterocycles. The minimum atomic E-state index is -0.334. The van der Waals surface area contributed by atoms with Crippen molar-refractivity contribution in [3.63, 3.8) is 0 Å². The van der Waals surface area contributed by atoms with Crippen molar-refractivity contribution in [2.75, 3.05) is 18.0 Å². The Balaban J connectivity index is 1.57. The summed E-state index contributed by atoms with van der Waals surface area (Å²) in [6, 6.07) is 11.4. The molecule has 1 aliphatic rings. The van der Waals surface area contributed by atoms with E-state index >= 15 is 0 Å². The Labute approximate surface area is 169 Å². The van der Waals surface area contributed by atoms with Crippen LogP contribution in [0, 0.1) is 19.8 Å². The Morgan fingerprint density at radius 2 is 1.85 bits per heavy atom. The van der Waals surface area contributed by atoms with Crippen LogP contribution in [0.3, 0.4) is 0 Å². The summed E-state index contributed by atoms with van der Waals surface area (Å²) < 4.78 is 0. The second-order valence-electron chi connectivity index (χ2n) is 7.03. The Morgan fingerprint density at radius 3 is 2.52 bits per heavy atom. The Hall–Kier alpha value is -2.04. The van der Waals surface area contributed by atoms with Crippen molar-refractivity contribution >= 4 is 40.7 Å². The van der Waals surface area contributed by atoms with E-state index in [9.17, 15) is 9.59 Å². The summed E-state index contributed by atoms with van der Waals surface area (Å²) in [5.74, 6) is -0.444. The molecule has 0 saturated carbocycles. The van der Waals surface area contributed by atoms with Gasteiger partial charge in [0, 0.05) is 35.2 Å². The number of aryl methyl sites for hydroxylation is 2. The fourth-order valence-electron chi connectivity index (χ4n) is 3.43. The van der Waals surface area contributed by atoms with Gasteiger partial charge in [-0.3, -0.25) is 9.59 Å². The zero-order valence-electron chi connectivity index (χ0n) is 15.4. The summed E-state index contributed by atoms with van der Waals surface area (Å²) in [5, 5.41) is 4.10. The van der Waals surface area contributed by atoms with Gasteiger partial charge in [0.05, 0.1) is 5.92 Å². The van der Waals surface area contributed by atoms with Crippen LogP contribution in [0.15, 0.2) is 36.4 Å². The van der Waals surface area contributed by atoms with E-state index in [0.29, 0.717) is 29.6 Å². The lowest BCUT2D eigenvalue weighted by Crippen LogP contribution is -2.34. The van der Waals surface area contributed by atoms with Crippen LogP contribution in [0.2, 0.25) is 10.0 Å². The van der Waals surface area contributed by atoms with Gasteiger partial charge in [0.25, 0.3) is 0 Å². The highest BCUT2D eigenvalue weighted by Crippen LogP contribution is 2.27. The molecule has 1 aliphatic heterocycles. The lowest BCUT2D eigenvalue weighted by molar-refractivity contribution is -0.126. The molecule has 0 spiro atoms. The summed E-state index contributed by atoms with van der Waals surface area (Å²) in [6.07, 6.45) is 0.851. The van der Waals surface area contributed by atoms with E-state index in [1.807, 2.05) is 32.0 Å². The van der Waals surface area contributed by atoms with Crippen LogP contribution >= 0.6 is 23.2 Å². The number of carbonyl (C=O) groups excluding carboxylic acids is 2. The SMILES string of the molecule is Cc1cc(C)cc(N2CC(C(=O)NCCc3ccc(Cl)cc3Cl)CC2=O)c1. The highest BCUT2D eigenvalue weighted by molar-refractivity contribution is 6.35. The molecule has 1 N–H and O–H groups in total. The monoisotopic (exact) mass is 404 g/mol. The zero-order valence-corrected chi connectivity index (χ0v) is 16.9. The minimum Gasteiger partial charge on any atom is -0.355 e. The summed E-state index contributed by atoms with van der Waals surface area (Å²) in [7, 11) is 0. The van der Waals surface area contributed by atoms with Gasteiger partial charge in [-0.25, -0.2) is 0 Å². The van der Waals surface area contributed by atoms with E-state index in [-0.39, 0.29) is 24.2 Å². The molecule has 2 aromatic carbocycles. The maximum absolute atomic E-state index is 12.5. The molecule has 1 atom stereocenters. The number of amides is 2. The van der Waals surface area contributed by atoms with E-state index in [4.69, 9.17) is 23.2 Å². The van der Waals surface area contributed by atoms with Crippen molar-refractivity contribution in [3.8, 4) is 0 Å². The second kappa shape index (κ2) is 8.32. The van der Waals surface area contributed by atoms with Crippen LogP contribution in [0.5, 0.6) is 0 Å². The number of rotatable bonds is 5. The summed E-state index contributed by atoms with van der Waals surface area (Å²) in [6.45, 7) is 4.88. The topological polar surface area (TPSA) is 49.4 Å². The minimum absolute atomic E-state index is 0.0131. The molecule has 2 aromatic rings. The largest absolute Gasteiger partial charge is 0.355 e. The molecule has 0 radical (unpaired) electrons. The third-order valence-electron chi connectivity index (χ3n) is 4.72. The maximum atomic E-state index is 12.5. The van der Waals surface area contributed by atoms with E-state index in [0.717, 1.165) is 22.4 Å². The average molecular weight is 405 g/mol. The molecule has 3 rings (SSSR count). The first-order valence-corrected chi connectivity index (χ1v) is 9.69. The predicted octanol–water partition coefficient (Wildman–Crippen LogP) is 4.32. The van der Waals surface area contributed by atoms with Crippen molar-refractivity contribution in [3.05, 3.63) is 63.1 Å². The number of hydrogen-bond donors (Lipinski definition) is 1. The number of anilines is 1. The zero-order chi connectivity index (χ0) is 19.6. The number of benzene rings is 2. The van der Waals surface area contributed by atoms with Gasteiger partial charge in [-0.05, 0) is 61.2 Å². The number of carbonyl (C=O) groups is 2. The number of nitrogens with zero attached hydrogens (tertiary/aromatic N) is 1. The van der Waals surface area contributed by atoms with Crippen LogP contribution in [-0.4, -0.2) is 24.9 Å². The molecule has 4 nitrogen and oxygen atoms in total. The smallest absolute Gasteiger partial charge is 0.227 e. The van der Waals surface area contributed by atoms with E-state index in [1.165, 1.54) is 0 Å². The molecule has 6 heteroatoms. The summed E-state index contributed by atoms with van der Waals surface area (Å²) >= 11 is 12.0. The van der Waals surface area contributed by atoms with Gasteiger partial charge in [-0.2, -0.15) is 0 Å². The average Bonchev–Trinajstić information content (AvgIpc) is 2.98. The first kappa shape index (κ1) is 19.7.